The van der Waals surface area contributed by atoms with Crippen LogP contribution < -0.4 is 16.0 Å². The third-order valence-corrected chi connectivity index (χ3v) is 5.79. The lowest BCUT2D eigenvalue weighted by atomic mass is 10.0. The number of oxazole rings is 1. The van der Waals surface area contributed by atoms with Crippen molar-refractivity contribution in [1.82, 2.24) is 30.9 Å². The van der Waals surface area contributed by atoms with Gasteiger partial charge in [-0.25, -0.2) is 14.8 Å². The minimum absolute atomic E-state index is 0.0282. The first-order valence-corrected chi connectivity index (χ1v) is 12.2. The van der Waals surface area contributed by atoms with Crippen LogP contribution in [0.3, 0.4) is 0 Å². The molecule has 2 aromatic carbocycles. The van der Waals surface area contributed by atoms with Crippen LogP contribution in [0.5, 0.6) is 5.75 Å². The largest absolute Gasteiger partial charge is 0.508 e. The Balaban J connectivity index is 1.41. The van der Waals surface area contributed by atoms with Gasteiger partial charge in [0.05, 0.1) is 12.9 Å². The van der Waals surface area contributed by atoms with Crippen LogP contribution in [0.1, 0.15) is 21.7 Å². The van der Waals surface area contributed by atoms with Gasteiger partial charge in [-0.05, 0) is 29.8 Å². The zero-order chi connectivity index (χ0) is 28.5. The van der Waals surface area contributed by atoms with E-state index in [0.29, 0.717) is 16.8 Å². The molecule has 13 heteroatoms. The highest BCUT2D eigenvalue weighted by Crippen LogP contribution is 2.18. The summed E-state index contributed by atoms with van der Waals surface area (Å²) in [5.74, 6) is -3.11. The number of aromatic amines is 1. The fourth-order valence-electron chi connectivity index (χ4n) is 3.75. The number of nitrogens with one attached hydrogen (secondary N) is 4. The molecule has 0 aliphatic rings. The van der Waals surface area contributed by atoms with Gasteiger partial charge >= 0.3 is 5.97 Å². The lowest BCUT2D eigenvalue weighted by Gasteiger charge is -2.19. The number of carbonyl (C=O) groups excluding carboxylic acids is 3. The summed E-state index contributed by atoms with van der Waals surface area (Å²) in [6.07, 6.45) is 4.00. The number of hydrogen-bond donors (Lipinski definition) is 6. The van der Waals surface area contributed by atoms with E-state index in [-0.39, 0.29) is 30.2 Å². The summed E-state index contributed by atoms with van der Waals surface area (Å²) < 4.78 is 5.41. The number of phenols is 1. The summed E-state index contributed by atoms with van der Waals surface area (Å²) in [6, 6.07) is 12.6. The molecule has 0 aliphatic carbocycles. The number of rotatable bonds is 12. The molecule has 2 aromatic heterocycles. The van der Waals surface area contributed by atoms with Crippen LogP contribution in [0.15, 0.2) is 77.8 Å². The molecule has 206 valence electrons. The number of phenolic OH excluding ortho intramolecular Hbond substituents is 1. The van der Waals surface area contributed by atoms with E-state index in [9.17, 15) is 29.4 Å². The molecule has 0 bridgehead atoms. The van der Waals surface area contributed by atoms with Gasteiger partial charge in [-0.3, -0.25) is 14.4 Å². The Morgan fingerprint density at radius 2 is 1.70 bits per heavy atom. The van der Waals surface area contributed by atoms with Gasteiger partial charge in [0.25, 0.3) is 5.91 Å². The fraction of sp³-hybridized carbons (Fsp3) is 0.185. The van der Waals surface area contributed by atoms with E-state index >= 15 is 0 Å². The van der Waals surface area contributed by atoms with Crippen LogP contribution in [-0.2, 0) is 27.2 Å². The van der Waals surface area contributed by atoms with E-state index in [1.54, 1.807) is 36.4 Å². The number of amides is 3. The van der Waals surface area contributed by atoms with Crippen molar-refractivity contribution in [2.24, 2.45) is 0 Å². The van der Waals surface area contributed by atoms with E-state index in [2.05, 4.69) is 30.9 Å². The zero-order valence-corrected chi connectivity index (χ0v) is 21.0. The van der Waals surface area contributed by atoms with Gasteiger partial charge in [0.1, 0.15) is 24.1 Å². The molecule has 2 heterocycles. The molecular weight excluding hydrogens is 520 g/mol. The second kappa shape index (κ2) is 12.9. The summed E-state index contributed by atoms with van der Waals surface area (Å²) in [5.41, 5.74) is 1.75. The molecule has 0 spiro atoms. The van der Waals surface area contributed by atoms with Gasteiger partial charge in [0, 0.05) is 30.3 Å². The zero-order valence-electron chi connectivity index (χ0n) is 21.0. The van der Waals surface area contributed by atoms with Gasteiger partial charge in [0.2, 0.25) is 17.7 Å². The number of benzene rings is 2. The smallest absolute Gasteiger partial charge is 0.326 e. The standard InChI is InChI=1S/C27H26N6O7/c34-19-8-6-16(7-9-19)10-20(32-25(37)22-14-40-26(33-22)17-4-2-1-3-5-17)24(36)29-13-23(35)31-21(27(38)39)11-18-12-28-15-30-18/h1-9,12,14-15,20-21,34H,10-11,13H2,(H,28,30)(H,29,36)(H,31,35)(H,32,37)(H,38,39)/t20-,21-/m0/s1. The summed E-state index contributed by atoms with van der Waals surface area (Å²) in [4.78, 5) is 60.8. The van der Waals surface area contributed by atoms with Crippen LogP contribution in [0, 0.1) is 0 Å². The van der Waals surface area contributed by atoms with Crippen LogP contribution in [0.2, 0.25) is 0 Å². The van der Waals surface area contributed by atoms with E-state index in [4.69, 9.17) is 4.42 Å². The number of nitrogens with zero attached hydrogens (tertiary/aromatic N) is 2. The topological polar surface area (TPSA) is 200 Å². The van der Waals surface area contributed by atoms with E-state index in [0.717, 1.165) is 0 Å². The normalized spacial score (nSPS) is 12.2. The van der Waals surface area contributed by atoms with Gasteiger partial charge < -0.3 is 35.6 Å². The maximum Gasteiger partial charge on any atom is 0.326 e. The van der Waals surface area contributed by atoms with Crippen molar-refractivity contribution in [1.29, 1.82) is 0 Å². The highest BCUT2D eigenvalue weighted by molar-refractivity contribution is 5.97. The molecule has 4 rings (SSSR count). The average molecular weight is 547 g/mol. The molecule has 3 amide bonds. The maximum atomic E-state index is 13.1. The number of hydrogen-bond acceptors (Lipinski definition) is 8. The minimum atomic E-state index is -1.26. The lowest BCUT2D eigenvalue weighted by molar-refractivity contribution is -0.141. The Bertz CT molecular complexity index is 1450. The lowest BCUT2D eigenvalue weighted by Crippen LogP contribution is -2.51. The molecule has 0 fully saturated rings. The number of aliphatic carboxylic acids is 1. The highest BCUT2D eigenvalue weighted by atomic mass is 16.4. The highest BCUT2D eigenvalue weighted by Gasteiger charge is 2.26. The first-order valence-electron chi connectivity index (χ1n) is 12.2. The molecule has 40 heavy (non-hydrogen) atoms. The van der Waals surface area contributed by atoms with E-state index in [1.165, 1.54) is 30.9 Å². The second-order valence-electron chi connectivity index (χ2n) is 8.76. The van der Waals surface area contributed by atoms with Crippen LogP contribution in [-0.4, -0.2) is 67.5 Å². The van der Waals surface area contributed by atoms with Crippen molar-refractivity contribution >= 4 is 23.7 Å². The van der Waals surface area contributed by atoms with Gasteiger partial charge in [-0.2, -0.15) is 0 Å². The van der Waals surface area contributed by atoms with Crippen molar-refractivity contribution in [3.63, 3.8) is 0 Å². The Kier molecular flexibility index (Phi) is 8.87. The van der Waals surface area contributed by atoms with Gasteiger partial charge in [-0.15, -0.1) is 0 Å². The molecule has 0 radical (unpaired) electrons. The molecule has 2 atom stereocenters. The van der Waals surface area contributed by atoms with Crippen LogP contribution in [0.4, 0.5) is 0 Å². The van der Waals surface area contributed by atoms with E-state index < -0.39 is 42.3 Å². The third-order valence-electron chi connectivity index (χ3n) is 5.79. The average Bonchev–Trinajstić information content (AvgIpc) is 3.65. The summed E-state index contributed by atoms with van der Waals surface area (Å²) in [5, 5.41) is 26.4. The van der Waals surface area contributed by atoms with Crippen molar-refractivity contribution in [2.75, 3.05) is 6.54 Å². The number of carboxylic acid groups (broad SMARTS) is 1. The number of aromatic nitrogens is 3. The molecule has 0 saturated carbocycles. The molecule has 6 N–H and O–H groups in total. The Morgan fingerprint density at radius 1 is 0.950 bits per heavy atom. The predicted molar refractivity (Wildman–Crippen MR) is 140 cm³/mol. The number of H-pyrrole nitrogens is 1. The Morgan fingerprint density at radius 3 is 2.38 bits per heavy atom. The number of imidazole rings is 1. The van der Waals surface area contributed by atoms with Gasteiger partial charge in [0.15, 0.2) is 5.69 Å². The Hall–Kier alpha value is -5.46. The van der Waals surface area contributed by atoms with Crippen molar-refractivity contribution in [3.05, 3.63) is 90.3 Å². The third kappa shape index (κ3) is 7.54. The first kappa shape index (κ1) is 27.6. The second-order valence-corrected chi connectivity index (χ2v) is 8.76. The van der Waals surface area contributed by atoms with Crippen molar-refractivity contribution in [2.45, 2.75) is 24.9 Å². The monoisotopic (exact) mass is 546 g/mol. The molecular formula is C27H26N6O7. The molecule has 13 nitrogen and oxygen atoms in total. The van der Waals surface area contributed by atoms with Crippen LogP contribution >= 0.6 is 0 Å². The maximum absolute atomic E-state index is 13.1. The fourth-order valence-corrected chi connectivity index (χ4v) is 3.75. The molecule has 0 saturated heterocycles. The first-order chi connectivity index (χ1) is 19.3. The molecule has 4 aromatic rings. The number of carboxylic acids is 1. The van der Waals surface area contributed by atoms with E-state index in [1.807, 2.05) is 6.07 Å². The minimum Gasteiger partial charge on any atom is -0.508 e. The SMILES string of the molecule is O=C(CNC(=O)[C@H](Cc1ccc(O)cc1)NC(=O)c1coc(-c2ccccc2)n1)N[C@@H](Cc1cnc[nH]1)C(=O)O. The summed E-state index contributed by atoms with van der Waals surface area (Å²) in [6.45, 7) is -0.532. The Labute approximate surface area is 227 Å². The quantitative estimate of drug-likeness (QED) is 0.150. The molecule has 0 aliphatic heterocycles. The van der Waals surface area contributed by atoms with Crippen molar-refractivity contribution < 1.29 is 33.8 Å². The van der Waals surface area contributed by atoms with Crippen molar-refractivity contribution in [3.8, 4) is 17.2 Å². The number of carbonyl (C=O) groups is 4. The predicted octanol–water partition coefficient (Wildman–Crippen LogP) is 1.04. The van der Waals surface area contributed by atoms with Crippen LogP contribution in [0.25, 0.3) is 11.5 Å². The molecule has 0 unspecified atom stereocenters. The van der Waals surface area contributed by atoms with Gasteiger partial charge in [-0.1, -0.05) is 30.3 Å². The summed E-state index contributed by atoms with van der Waals surface area (Å²) >= 11 is 0. The number of aromatic hydroxyl groups is 1. The summed E-state index contributed by atoms with van der Waals surface area (Å²) in [7, 11) is 0.